The van der Waals surface area contributed by atoms with E-state index in [0.29, 0.717) is 12.4 Å². The smallest absolute Gasteiger partial charge is 0.136 e. The second kappa shape index (κ2) is 3.74. The second-order valence-corrected chi connectivity index (χ2v) is 2.63. The van der Waals surface area contributed by atoms with Gasteiger partial charge in [-0.25, -0.2) is 0 Å². The van der Waals surface area contributed by atoms with E-state index in [0.717, 1.165) is 6.42 Å². The summed E-state index contributed by atoms with van der Waals surface area (Å²) in [5.41, 5.74) is 0. The molecule has 0 aromatic rings. The van der Waals surface area contributed by atoms with Gasteiger partial charge in [0.1, 0.15) is 11.9 Å². The molecule has 1 heterocycles. The van der Waals surface area contributed by atoms with Crippen LogP contribution in [0.3, 0.4) is 0 Å². The van der Waals surface area contributed by atoms with E-state index in [4.69, 9.17) is 9.47 Å². The summed E-state index contributed by atoms with van der Waals surface area (Å²) in [5.74, 6) is 0.652. The fourth-order valence-electron chi connectivity index (χ4n) is 1.00. The lowest BCUT2D eigenvalue weighted by atomic mass is 10.2. The Kier molecular flexibility index (Phi) is 2.91. The highest BCUT2D eigenvalue weighted by Gasteiger charge is 2.21. The lowest BCUT2D eigenvalue weighted by Crippen LogP contribution is -2.26. The van der Waals surface area contributed by atoms with Crippen LogP contribution < -0.4 is 0 Å². The van der Waals surface area contributed by atoms with Gasteiger partial charge in [0.2, 0.25) is 0 Å². The van der Waals surface area contributed by atoms with Gasteiger partial charge in [0.15, 0.2) is 0 Å². The molecule has 2 unspecified atom stereocenters. The van der Waals surface area contributed by atoms with Crippen molar-refractivity contribution in [2.75, 3.05) is 13.7 Å². The molecular formula is C8H14O3. The quantitative estimate of drug-likeness (QED) is 0.656. The molecule has 0 amide bonds. The van der Waals surface area contributed by atoms with Gasteiger partial charge in [0.25, 0.3) is 0 Å². The minimum atomic E-state index is -0.609. The summed E-state index contributed by atoms with van der Waals surface area (Å²) in [6.45, 7) is 2.50. The Bertz CT molecular complexity index is 153. The number of rotatable bonds is 3. The third-order valence-electron chi connectivity index (χ3n) is 1.84. The fourth-order valence-corrected chi connectivity index (χ4v) is 1.00. The highest BCUT2D eigenvalue weighted by atomic mass is 16.5. The van der Waals surface area contributed by atoms with Crippen LogP contribution in [-0.4, -0.2) is 31.0 Å². The van der Waals surface area contributed by atoms with Gasteiger partial charge in [-0.2, -0.15) is 0 Å². The highest BCUT2D eigenvalue weighted by Crippen LogP contribution is 2.16. The number of ether oxygens (including phenoxy) is 2. The van der Waals surface area contributed by atoms with Crippen molar-refractivity contribution in [2.24, 2.45) is 0 Å². The molecular weight excluding hydrogens is 144 g/mol. The van der Waals surface area contributed by atoms with Crippen molar-refractivity contribution >= 4 is 0 Å². The molecule has 1 aliphatic heterocycles. The lowest BCUT2D eigenvalue weighted by Gasteiger charge is -2.17. The average molecular weight is 158 g/mol. The standard InChI is InChI=1S/C8H14O3/c1-6(10-2)8(9)7-4-3-5-11-7/h4,6,8-9H,3,5H2,1-2H3. The van der Waals surface area contributed by atoms with Gasteiger partial charge in [0, 0.05) is 13.5 Å². The first-order chi connectivity index (χ1) is 5.25. The van der Waals surface area contributed by atoms with Crippen LogP contribution in [0.5, 0.6) is 0 Å². The summed E-state index contributed by atoms with van der Waals surface area (Å²) < 4.78 is 10.1. The van der Waals surface area contributed by atoms with Crippen LogP contribution in [0.4, 0.5) is 0 Å². The molecule has 0 saturated heterocycles. The Morgan fingerprint density at radius 3 is 2.91 bits per heavy atom. The van der Waals surface area contributed by atoms with Crippen molar-refractivity contribution in [3.63, 3.8) is 0 Å². The summed E-state index contributed by atoms with van der Waals surface area (Å²) in [5, 5.41) is 9.50. The van der Waals surface area contributed by atoms with E-state index in [1.165, 1.54) is 0 Å². The van der Waals surface area contributed by atoms with Gasteiger partial charge >= 0.3 is 0 Å². The summed E-state index contributed by atoms with van der Waals surface area (Å²) >= 11 is 0. The molecule has 1 N–H and O–H groups in total. The Balaban J connectivity index is 2.45. The summed E-state index contributed by atoms with van der Waals surface area (Å²) in [6.07, 6.45) is 1.99. The summed E-state index contributed by atoms with van der Waals surface area (Å²) in [6, 6.07) is 0. The summed E-state index contributed by atoms with van der Waals surface area (Å²) in [4.78, 5) is 0. The number of methoxy groups -OCH3 is 1. The average Bonchev–Trinajstić information content (AvgIpc) is 2.53. The van der Waals surface area contributed by atoms with Crippen LogP contribution >= 0.6 is 0 Å². The minimum absolute atomic E-state index is 0.195. The van der Waals surface area contributed by atoms with E-state index < -0.39 is 6.10 Å². The minimum Gasteiger partial charge on any atom is -0.495 e. The van der Waals surface area contributed by atoms with E-state index in [1.807, 2.05) is 13.0 Å². The number of hydrogen-bond acceptors (Lipinski definition) is 3. The van der Waals surface area contributed by atoms with Crippen molar-refractivity contribution in [1.82, 2.24) is 0 Å². The number of hydrogen-bond donors (Lipinski definition) is 1. The molecule has 11 heavy (non-hydrogen) atoms. The molecule has 0 aromatic carbocycles. The topological polar surface area (TPSA) is 38.7 Å². The second-order valence-electron chi connectivity index (χ2n) is 2.63. The molecule has 0 radical (unpaired) electrons. The Morgan fingerprint density at radius 2 is 2.45 bits per heavy atom. The van der Waals surface area contributed by atoms with Crippen LogP contribution in [0.25, 0.3) is 0 Å². The van der Waals surface area contributed by atoms with Crippen LogP contribution in [0.2, 0.25) is 0 Å². The van der Waals surface area contributed by atoms with Crippen molar-refractivity contribution in [3.05, 3.63) is 11.8 Å². The van der Waals surface area contributed by atoms with Crippen molar-refractivity contribution in [3.8, 4) is 0 Å². The van der Waals surface area contributed by atoms with Gasteiger partial charge < -0.3 is 14.6 Å². The van der Waals surface area contributed by atoms with Crippen LogP contribution in [0, 0.1) is 0 Å². The van der Waals surface area contributed by atoms with Crippen molar-refractivity contribution in [1.29, 1.82) is 0 Å². The lowest BCUT2D eigenvalue weighted by molar-refractivity contribution is -0.00754. The van der Waals surface area contributed by atoms with Crippen LogP contribution in [0.1, 0.15) is 13.3 Å². The van der Waals surface area contributed by atoms with Crippen LogP contribution in [-0.2, 0) is 9.47 Å². The molecule has 3 heteroatoms. The molecule has 2 atom stereocenters. The summed E-state index contributed by atoms with van der Waals surface area (Å²) in [7, 11) is 1.57. The molecule has 0 spiro atoms. The van der Waals surface area contributed by atoms with E-state index in [9.17, 15) is 5.11 Å². The monoisotopic (exact) mass is 158 g/mol. The zero-order valence-electron chi connectivity index (χ0n) is 6.91. The molecule has 3 nitrogen and oxygen atoms in total. The van der Waals surface area contributed by atoms with E-state index in [-0.39, 0.29) is 6.10 Å². The van der Waals surface area contributed by atoms with Gasteiger partial charge in [-0.1, -0.05) is 0 Å². The number of aliphatic hydroxyl groups excluding tert-OH is 1. The first kappa shape index (κ1) is 8.56. The third kappa shape index (κ3) is 1.94. The maximum atomic E-state index is 9.50. The first-order valence-corrected chi connectivity index (χ1v) is 3.79. The van der Waals surface area contributed by atoms with Gasteiger partial charge in [0.05, 0.1) is 12.7 Å². The van der Waals surface area contributed by atoms with Gasteiger partial charge in [-0.15, -0.1) is 0 Å². The van der Waals surface area contributed by atoms with E-state index in [1.54, 1.807) is 7.11 Å². The van der Waals surface area contributed by atoms with Gasteiger partial charge in [-0.3, -0.25) is 0 Å². The predicted octanol–water partition coefficient (Wildman–Crippen LogP) is 0.686. The molecule has 0 bridgehead atoms. The molecule has 1 aliphatic rings. The van der Waals surface area contributed by atoms with Crippen LogP contribution in [0.15, 0.2) is 11.8 Å². The Labute approximate surface area is 66.6 Å². The predicted molar refractivity (Wildman–Crippen MR) is 41.1 cm³/mol. The van der Waals surface area contributed by atoms with Crippen molar-refractivity contribution < 1.29 is 14.6 Å². The largest absolute Gasteiger partial charge is 0.495 e. The molecule has 0 aromatic heterocycles. The van der Waals surface area contributed by atoms with E-state index in [2.05, 4.69) is 0 Å². The first-order valence-electron chi connectivity index (χ1n) is 3.79. The number of aliphatic hydroxyl groups is 1. The Morgan fingerprint density at radius 1 is 1.73 bits per heavy atom. The fraction of sp³-hybridized carbons (Fsp3) is 0.750. The molecule has 64 valence electrons. The molecule has 0 aliphatic carbocycles. The van der Waals surface area contributed by atoms with Crippen molar-refractivity contribution in [2.45, 2.75) is 25.6 Å². The maximum absolute atomic E-state index is 9.50. The zero-order valence-corrected chi connectivity index (χ0v) is 6.91. The normalized spacial score (nSPS) is 22.3. The maximum Gasteiger partial charge on any atom is 0.136 e. The van der Waals surface area contributed by atoms with Gasteiger partial charge in [-0.05, 0) is 13.0 Å². The Hall–Kier alpha value is -0.540. The third-order valence-corrected chi connectivity index (χ3v) is 1.84. The zero-order chi connectivity index (χ0) is 8.27. The van der Waals surface area contributed by atoms with E-state index >= 15 is 0 Å². The molecule has 0 saturated carbocycles. The molecule has 0 fully saturated rings. The SMILES string of the molecule is COC(C)C(O)C1=CCCO1. The molecule has 1 rings (SSSR count). The highest BCUT2D eigenvalue weighted by molar-refractivity contribution is 5.05.